The van der Waals surface area contributed by atoms with Gasteiger partial charge >= 0.3 is 5.97 Å². The second kappa shape index (κ2) is 10.1. The minimum Gasteiger partial charge on any atom is -0.462 e. The van der Waals surface area contributed by atoms with Crippen molar-refractivity contribution in [1.29, 1.82) is 0 Å². The summed E-state index contributed by atoms with van der Waals surface area (Å²) in [5, 5.41) is 7.14. The highest BCUT2D eigenvalue weighted by atomic mass is 16.5. The molecule has 156 valence electrons. The quantitative estimate of drug-likeness (QED) is 0.692. The van der Waals surface area contributed by atoms with E-state index in [4.69, 9.17) is 10.5 Å². The molecule has 1 aromatic heterocycles. The molecular formula is C21H29N5O3. The molecule has 0 unspecified atom stereocenters. The van der Waals surface area contributed by atoms with Gasteiger partial charge in [-0.25, -0.2) is 9.48 Å². The number of rotatable bonds is 7. The molecule has 0 atom stereocenters. The first-order chi connectivity index (χ1) is 14.1. The molecule has 0 saturated carbocycles. The molecule has 3 rings (SSSR count). The topological polar surface area (TPSA) is 102 Å². The minimum absolute atomic E-state index is 0.105. The summed E-state index contributed by atoms with van der Waals surface area (Å²) >= 11 is 0. The molecule has 8 nitrogen and oxygen atoms in total. The number of carbonyl (C=O) groups is 2. The molecule has 2 aromatic rings. The average molecular weight is 399 g/mol. The lowest BCUT2D eigenvalue weighted by Crippen LogP contribution is -2.35. The van der Waals surface area contributed by atoms with Crippen LogP contribution in [0, 0.1) is 0 Å². The van der Waals surface area contributed by atoms with E-state index in [1.165, 1.54) is 36.6 Å². The summed E-state index contributed by atoms with van der Waals surface area (Å²) in [7, 11) is 0. The van der Waals surface area contributed by atoms with Crippen molar-refractivity contribution in [3.8, 4) is 5.69 Å². The molecule has 1 aromatic carbocycles. The molecule has 0 aliphatic carbocycles. The Labute approximate surface area is 171 Å². The van der Waals surface area contributed by atoms with Crippen LogP contribution in [0.3, 0.4) is 0 Å². The lowest BCUT2D eigenvalue weighted by molar-refractivity contribution is 0.0527. The van der Waals surface area contributed by atoms with Gasteiger partial charge < -0.3 is 20.7 Å². The van der Waals surface area contributed by atoms with Gasteiger partial charge in [0.05, 0.1) is 18.5 Å². The number of carbonyl (C=O) groups excluding carboxylic acids is 2. The third-order valence-corrected chi connectivity index (χ3v) is 5.09. The number of aromatic nitrogens is 2. The molecule has 0 spiro atoms. The zero-order chi connectivity index (χ0) is 20.6. The largest absolute Gasteiger partial charge is 0.462 e. The van der Waals surface area contributed by atoms with Crippen LogP contribution in [0.4, 0.5) is 5.82 Å². The van der Waals surface area contributed by atoms with Crippen molar-refractivity contribution < 1.29 is 14.3 Å². The van der Waals surface area contributed by atoms with Crippen LogP contribution in [0.1, 0.15) is 53.3 Å². The van der Waals surface area contributed by atoms with Crippen molar-refractivity contribution in [3.05, 3.63) is 41.6 Å². The number of nitrogens with two attached hydrogens (primary N) is 1. The van der Waals surface area contributed by atoms with Gasteiger partial charge in [-0.05, 0) is 57.1 Å². The Balaban J connectivity index is 1.57. The molecule has 0 bridgehead atoms. The third kappa shape index (κ3) is 5.35. The van der Waals surface area contributed by atoms with Gasteiger partial charge in [0.1, 0.15) is 11.4 Å². The molecule has 1 aliphatic rings. The number of esters is 1. The Morgan fingerprint density at radius 1 is 1.14 bits per heavy atom. The minimum atomic E-state index is -0.503. The summed E-state index contributed by atoms with van der Waals surface area (Å²) < 4.78 is 6.42. The van der Waals surface area contributed by atoms with Crippen molar-refractivity contribution in [2.75, 3.05) is 38.5 Å². The van der Waals surface area contributed by atoms with Crippen molar-refractivity contribution >= 4 is 17.7 Å². The molecule has 3 N–H and O–H groups in total. The zero-order valence-electron chi connectivity index (χ0n) is 16.9. The summed E-state index contributed by atoms with van der Waals surface area (Å²) in [5.74, 6) is -0.401. The average Bonchev–Trinajstić information content (AvgIpc) is 2.93. The molecule has 2 heterocycles. The summed E-state index contributed by atoms with van der Waals surface area (Å²) in [6.07, 6.45) is 6.47. The predicted molar refractivity (Wildman–Crippen MR) is 111 cm³/mol. The summed E-state index contributed by atoms with van der Waals surface area (Å²) in [6, 6.07) is 6.95. The van der Waals surface area contributed by atoms with Gasteiger partial charge in [-0.2, -0.15) is 5.10 Å². The standard InChI is InChI=1S/C21H29N5O3/c1-2-29-21(28)18-15-24-26(19(18)22)17-9-7-16(8-10-17)20(27)23-11-14-25-12-5-3-4-6-13-25/h7-10,15H,2-6,11-14,22H2,1H3,(H,23,27). The second-order valence-electron chi connectivity index (χ2n) is 7.13. The van der Waals surface area contributed by atoms with Crippen LogP contribution in [0.2, 0.25) is 0 Å². The monoisotopic (exact) mass is 399 g/mol. The maximum Gasteiger partial charge on any atom is 0.343 e. The Kier molecular flexibility index (Phi) is 7.24. The van der Waals surface area contributed by atoms with Crippen molar-refractivity contribution in [3.63, 3.8) is 0 Å². The van der Waals surface area contributed by atoms with Crippen LogP contribution >= 0.6 is 0 Å². The molecule has 29 heavy (non-hydrogen) atoms. The number of hydrogen-bond acceptors (Lipinski definition) is 6. The first-order valence-electron chi connectivity index (χ1n) is 10.2. The maximum absolute atomic E-state index is 12.4. The van der Waals surface area contributed by atoms with Crippen LogP contribution in [0.5, 0.6) is 0 Å². The van der Waals surface area contributed by atoms with Crippen LogP contribution in [-0.4, -0.2) is 59.3 Å². The highest BCUT2D eigenvalue weighted by molar-refractivity contribution is 5.95. The van der Waals surface area contributed by atoms with Gasteiger partial charge in [0.15, 0.2) is 0 Å². The fourth-order valence-corrected chi connectivity index (χ4v) is 3.47. The van der Waals surface area contributed by atoms with Crippen molar-refractivity contribution in [2.24, 2.45) is 0 Å². The highest BCUT2D eigenvalue weighted by Crippen LogP contribution is 2.18. The number of nitrogens with zero attached hydrogens (tertiary/aromatic N) is 3. The highest BCUT2D eigenvalue weighted by Gasteiger charge is 2.17. The Morgan fingerprint density at radius 3 is 2.48 bits per heavy atom. The predicted octanol–water partition coefficient (Wildman–Crippen LogP) is 2.24. The fourth-order valence-electron chi connectivity index (χ4n) is 3.47. The van der Waals surface area contributed by atoms with E-state index in [2.05, 4.69) is 15.3 Å². The number of hydrogen-bond donors (Lipinski definition) is 2. The number of likely N-dealkylation sites (tertiary alicyclic amines) is 1. The number of nitrogens with one attached hydrogen (secondary N) is 1. The van der Waals surface area contributed by atoms with E-state index in [0.29, 0.717) is 17.8 Å². The smallest absolute Gasteiger partial charge is 0.343 e. The van der Waals surface area contributed by atoms with Gasteiger partial charge in [-0.1, -0.05) is 12.8 Å². The number of nitrogen functional groups attached to an aromatic ring is 1. The number of ether oxygens (including phenoxy) is 1. The number of anilines is 1. The normalized spacial score (nSPS) is 14.9. The second-order valence-corrected chi connectivity index (χ2v) is 7.13. The van der Waals surface area contributed by atoms with Gasteiger partial charge in [0.2, 0.25) is 0 Å². The maximum atomic E-state index is 12.4. The van der Waals surface area contributed by atoms with Gasteiger partial charge in [-0.3, -0.25) is 4.79 Å². The van der Waals surface area contributed by atoms with E-state index >= 15 is 0 Å². The summed E-state index contributed by atoms with van der Waals surface area (Å²) in [5.41, 5.74) is 7.49. The fraction of sp³-hybridized carbons (Fsp3) is 0.476. The Morgan fingerprint density at radius 2 is 1.83 bits per heavy atom. The van der Waals surface area contributed by atoms with Gasteiger partial charge in [0.25, 0.3) is 5.91 Å². The molecule has 1 fully saturated rings. The van der Waals surface area contributed by atoms with E-state index < -0.39 is 5.97 Å². The summed E-state index contributed by atoms with van der Waals surface area (Å²) in [4.78, 5) is 26.7. The first kappa shape index (κ1) is 20.9. The first-order valence-corrected chi connectivity index (χ1v) is 10.2. The SMILES string of the molecule is CCOC(=O)c1cnn(-c2ccc(C(=O)NCCN3CCCCCC3)cc2)c1N. The number of amides is 1. The third-order valence-electron chi connectivity index (χ3n) is 5.09. The summed E-state index contributed by atoms with van der Waals surface area (Å²) in [6.45, 7) is 5.74. The lowest BCUT2D eigenvalue weighted by atomic mass is 10.2. The lowest BCUT2D eigenvalue weighted by Gasteiger charge is -2.19. The Bertz CT molecular complexity index is 823. The molecule has 1 saturated heterocycles. The van der Waals surface area contributed by atoms with E-state index in [1.54, 1.807) is 31.2 Å². The van der Waals surface area contributed by atoms with Gasteiger partial charge in [-0.15, -0.1) is 0 Å². The molecule has 1 amide bonds. The van der Waals surface area contributed by atoms with Gasteiger partial charge in [0, 0.05) is 18.7 Å². The van der Waals surface area contributed by atoms with Crippen LogP contribution in [0.15, 0.2) is 30.5 Å². The van der Waals surface area contributed by atoms with Crippen molar-refractivity contribution in [1.82, 2.24) is 20.0 Å². The van der Waals surface area contributed by atoms with Crippen LogP contribution in [0.25, 0.3) is 5.69 Å². The molecular weight excluding hydrogens is 370 g/mol. The van der Waals surface area contributed by atoms with Crippen LogP contribution in [-0.2, 0) is 4.74 Å². The van der Waals surface area contributed by atoms with E-state index in [-0.39, 0.29) is 23.9 Å². The Hall–Kier alpha value is -2.87. The van der Waals surface area contributed by atoms with E-state index in [9.17, 15) is 9.59 Å². The number of benzene rings is 1. The van der Waals surface area contributed by atoms with E-state index in [1.807, 2.05) is 0 Å². The van der Waals surface area contributed by atoms with Crippen molar-refractivity contribution in [2.45, 2.75) is 32.6 Å². The molecule has 8 heteroatoms. The molecule has 0 radical (unpaired) electrons. The van der Waals surface area contributed by atoms with E-state index in [0.717, 1.165) is 19.6 Å². The molecule has 1 aliphatic heterocycles. The zero-order valence-corrected chi connectivity index (χ0v) is 16.9. The van der Waals surface area contributed by atoms with Crippen LogP contribution < -0.4 is 11.1 Å².